The third kappa shape index (κ3) is 4.40. The zero-order chi connectivity index (χ0) is 17.6. The zero-order valence-corrected chi connectivity index (χ0v) is 15.1. The summed E-state index contributed by atoms with van der Waals surface area (Å²) in [6.45, 7) is 5.86. The fraction of sp³-hybridized carbons (Fsp3) is 0.650. The highest BCUT2D eigenvalue weighted by Gasteiger charge is 2.37. The molecule has 1 heterocycles. The van der Waals surface area contributed by atoms with Gasteiger partial charge < -0.3 is 15.2 Å². The van der Waals surface area contributed by atoms with Gasteiger partial charge in [-0.3, -0.25) is 9.69 Å². The number of ether oxygens (including phenoxy) is 1. The number of hydrogen-bond donors (Lipinski definition) is 2. The van der Waals surface area contributed by atoms with Crippen molar-refractivity contribution in [3.63, 3.8) is 0 Å². The maximum absolute atomic E-state index is 12.3. The van der Waals surface area contributed by atoms with Crippen LogP contribution in [-0.2, 0) is 16.0 Å². The third-order valence-electron chi connectivity index (χ3n) is 5.51. The second-order valence-corrected chi connectivity index (χ2v) is 7.07. The maximum Gasteiger partial charge on any atom is 0.223 e. The highest BCUT2D eigenvalue weighted by atomic mass is 16.5. The van der Waals surface area contributed by atoms with Crippen LogP contribution < -0.4 is 5.32 Å². The predicted octanol–water partition coefficient (Wildman–Crippen LogP) is 1.90. The van der Waals surface area contributed by atoms with Crippen LogP contribution in [0.3, 0.4) is 0 Å². The van der Waals surface area contributed by atoms with Crippen LogP contribution in [0.4, 0.5) is 0 Å². The molecule has 0 aromatic heterocycles. The van der Waals surface area contributed by atoms with Gasteiger partial charge in [0.15, 0.2) is 0 Å². The van der Waals surface area contributed by atoms with Gasteiger partial charge in [0, 0.05) is 31.7 Å². The van der Waals surface area contributed by atoms with Gasteiger partial charge in [-0.15, -0.1) is 0 Å². The van der Waals surface area contributed by atoms with Crippen LogP contribution in [0.15, 0.2) is 24.3 Å². The van der Waals surface area contributed by atoms with Crippen molar-refractivity contribution >= 4 is 5.91 Å². The van der Waals surface area contributed by atoms with Crippen LogP contribution in [-0.4, -0.2) is 54.8 Å². The first-order chi connectivity index (χ1) is 12.2. The molecule has 1 saturated heterocycles. The number of hydrogen-bond acceptors (Lipinski definition) is 4. The zero-order valence-electron chi connectivity index (χ0n) is 15.1. The molecule has 138 valence electrons. The average Bonchev–Trinajstić information content (AvgIpc) is 2.99. The van der Waals surface area contributed by atoms with E-state index >= 15 is 0 Å². The van der Waals surface area contributed by atoms with E-state index in [2.05, 4.69) is 16.3 Å². The summed E-state index contributed by atoms with van der Waals surface area (Å²) in [6.07, 6.45) is 3.12. The summed E-state index contributed by atoms with van der Waals surface area (Å²) in [5, 5.41) is 13.7. The molecule has 1 fully saturated rings. The van der Waals surface area contributed by atoms with Crippen molar-refractivity contribution in [2.75, 3.05) is 32.8 Å². The van der Waals surface area contributed by atoms with E-state index in [1.807, 2.05) is 25.1 Å². The number of aliphatic hydroxyl groups is 1. The molecule has 1 aromatic carbocycles. The van der Waals surface area contributed by atoms with Gasteiger partial charge in [0.25, 0.3) is 0 Å². The second kappa shape index (κ2) is 8.79. The Hall–Kier alpha value is -1.43. The van der Waals surface area contributed by atoms with E-state index in [-0.39, 0.29) is 17.9 Å². The first-order valence-electron chi connectivity index (χ1n) is 9.56. The van der Waals surface area contributed by atoms with Gasteiger partial charge in [-0.05, 0) is 56.8 Å². The molecular weight excluding hydrogens is 316 g/mol. The number of aliphatic hydroxyl groups excluding tert-OH is 1. The monoisotopic (exact) mass is 346 g/mol. The lowest BCUT2D eigenvalue weighted by Crippen LogP contribution is -2.46. The smallest absolute Gasteiger partial charge is 0.223 e. The topological polar surface area (TPSA) is 61.8 Å². The van der Waals surface area contributed by atoms with Gasteiger partial charge in [0.2, 0.25) is 5.91 Å². The summed E-state index contributed by atoms with van der Waals surface area (Å²) in [5.74, 6) is 0.274. The SMILES string of the molecule is CCOCCCNC(=O)C1CCN(C2Cc3ccccc3C2O)CC1. The molecule has 2 N–H and O–H groups in total. The summed E-state index contributed by atoms with van der Waals surface area (Å²) in [7, 11) is 0. The molecular formula is C20H30N2O3. The predicted molar refractivity (Wildman–Crippen MR) is 97.3 cm³/mol. The lowest BCUT2D eigenvalue weighted by Gasteiger charge is -2.36. The molecule has 1 aliphatic carbocycles. The van der Waals surface area contributed by atoms with E-state index in [0.29, 0.717) is 13.2 Å². The number of piperidine rings is 1. The standard InChI is InChI=1S/C20H30N2O3/c1-2-25-13-5-10-21-20(24)15-8-11-22(12-9-15)18-14-16-6-3-4-7-17(16)19(18)23/h3-4,6-7,15,18-19,23H,2,5,8-14H2,1H3,(H,21,24). The quantitative estimate of drug-likeness (QED) is 0.740. The number of carbonyl (C=O) groups is 1. The third-order valence-corrected chi connectivity index (χ3v) is 5.51. The van der Waals surface area contributed by atoms with Crippen LogP contribution in [0.25, 0.3) is 0 Å². The highest BCUT2D eigenvalue weighted by Crippen LogP contribution is 2.35. The molecule has 5 nitrogen and oxygen atoms in total. The van der Waals surface area contributed by atoms with Crippen LogP contribution in [0.5, 0.6) is 0 Å². The van der Waals surface area contributed by atoms with E-state index < -0.39 is 6.10 Å². The van der Waals surface area contributed by atoms with Gasteiger partial charge in [-0.25, -0.2) is 0 Å². The Kier molecular flexibility index (Phi) is 6.45. The summed E-state index contributed by atoms with van der Waals surface area (Å²) < 4.78 is 5.29. The van der Waals surface area contributed by atoms with E-state index in [9.17, 15) is 9.90 Å². The first kappa shape index (κ1) is 18.4. The van der Waals surface area contributed by atoms with Crippen LogP contribution in [0.2, 0.25) is 0 Å². The van der Waals surface area contributed by atoms with E-state index in [1.54, 1.807) is 0 Å². The number of carbonyl (C=O) groups excluding carboxylic acids is 1. The largest absolute Gasteiger partial charge is 0.387 e. The van der Waals surface area contributed by atoms with E-state index in [1.165, 1.54) is 5.56 Å². The normalized spacial score (nSPS) is 24.2. The minimum atomic E-state index is -0.403. The molecule has 0 bridgehead atoms. The molecule has 1 amide bonds. The van der Waals surface area contributed by atoms with Gasteiger partial charge in [0.05, 0.1) is 6.10 Å². The maximum atomic E-state index is 12.3. The Morgan fingerprint density at radius 2 is 2.08 bits per heavy atom. The van der Waals surface area contributed by atoms with Crippen LogP contribution >= 0.6 is 0 Å². The number of rotatable bonds is 7. The molecule has 2 atom stereocenters. The summed E-state index contributed by atoms with van der Waals surface area (Å²) >= 11 is 0. The second-order valence-electron chi connectivity index (χ2n) is 7.07. The Morgan fingerprint density at radius 1 is 1.32 bits per heavy atom. The Morgan fingerprint density at radius 3 is 2.80 bits per heavy atom. The summed E-state index contributed by atoms with van der Waals surface area (Å²) in [5.41, 5.74) is 2.33. The number of benzene rings is 1. The van der Waals surface area contributed by atoms with Gasteiger partial charge in [-0.1, -0.05) is 24.3 Å². The van der Waals surface area contributed by atoms with Gasteiger partial charge in [0.1, 0.15) is 0 Å². The molecule has 1 aromatic rings. The molecule has 25 heavy (non-hydrogen) atoms. The Balaban J connectivity index is 1.43. The first-order valence-corrected chi connectivity index (χ1v) is 9.56. The van der Waals surface area contributed by atoms with Crippen molar-refractivity contribution in [3.05, 3.63) is 35.4 Å². The van der Waals surface area contributed by atoms with Crippen molar-refractivity contribution in [2.24, 2.45) is 5.92 Å². The number of likely N-dealkylation sites (tertiary alicyclic amines) is 1. The average molecular weight is 346 g/mol. The number of fused-ring (bicyclic) bond motifs is 1. The molecule has 5 heteroatoms. The van der Waals surface area contributed by atoms with Gasteiger partial charge in [-0.2, -0.15) is 0 Å². The summed E-state index contributed by atoms with van der Waals surface area (Å²) in [4.78, 5) is 14.6. The number of nitrogens with one attached hydrogen (secondary N) is 1. The number of amides is 1. The fourth-order valence-corrected chi connectivity index (χ4v) is 4.05. The lowest BCUT2D eigenvalue weighted by molar-refractivity contribution is -0.126. The van der Waals surface area contributed by atoms with Crippen LogP contribution in [0.1, 0.15) is 43.4 Å². The van der Waals surface area contributed by atoms with Crippen molar-refractivity contribution in [1.82, 2.24) is 10.2 Å². The molecule has 2 aliphatic rings. The minimum absolute atomic E-state index is 0.101. The molecule has 3 rings (SSSR count). The van der Waals surface area contributed by atoms with Crippen molar-refractivity contribution < 1.29 is 14.6 Å². The molecule has 0 spiro atoms. The van der Waals surface area contributed by atoms with E-state index in [4.69, 9.17) is 4.74 Å². The molecule has 1 aliphatic heterocycles. The fourth-order valence-electron chi connectivity index (χ4n) is 4.05. The van der Waals surface area contributed by atoms with Crippen molar-refractivity contribution in [3.8, 4) is 0 Å². The van der Waals surface area contributed by atoms with Gasteiger partial charge >= 0.3 is 0 Å². The van der Waals surface area contributed by atoms with Crippen molar-refractivity contribution in [2.45, 2.75) is 44.8 Å². The highest BCUT2D eigenvalue weighted by molar-refractivity contribution is 5.78. The Bertz CT molecular complexity index is 570. The van der Waals surface area contributed by atoms with E-state index in [0.717, 1.165) is 50.9 Å². The lowest BCUT2D eigenvalue weighted by atomic mass is 9.94. The molecule has 2 unspecified atom stereocenters. The Labute approximate surface area is 150 Å². The molecule has 0 saturated carbocycles. The summed E-state index contributed by atoms with van der Waals surface area (Å²) in [6, 6.07) is 8.33. The molecule has 0 radical (unpaired) electrons. The number of nitrogens with zero attached hydrogens (tertiary/aromatic N) is 1. The minimum Gasteiger partial charge on any atom is -0.387 e. The van der Waals surface area contributed by atoms with Crippen LogP contribution in [0, 0.1) is 5.92 Å². The van der Waals surface area contributed by atoms with Crippen molar-refractivity contribution in [1.29, 1.82) is 0 Å².